The number of carbonyl (C=O) groups is 2. The lowest BCUT2D eigenvalue weighted by molar-refractivity contribution is -0.136. The third-order valence-corrected chi connectivity index (χ3v) is 5.89. The van der Waals surface area contributed by atoms with Crippen molar-refractivity contribution < 1.29 is 19.1 Å². The first-order chi connectivity index (χ1) is 17.5. The molecule has 0 aliphatic rings. The van der Waals surface area contributed by atoms with E-state index in [1.807, 2.05) is 36.4 Å². The van der Waals surface area contributed by atoms with Crippen LogP contribution in [0.3, 0.4) is 0 Å². The van der Waals surface area contributed by atoms with Crippen LogP contribution < -0.4 is 5.32 Å². The number of para-hydroxylation sites is 2. The Morgan fingerprint density at radius 3 is 2.50 bits per heavy atom. The number of hydrogen-bond donors (Lipinski definition) is 2. The summed E-state index contributed by atoms with van der Waals surface area (Å²) in [5, 5.41) is 12.3. The van der Waals surface area contributed by atoms with Gasteiger partial charge in [-0.15, -0.1) is 0 Å². The molecule has 0 spiro atoms. The van der Waals surface area contributed by atoms with Crippen molar-refractivity contribution in [2.75, 3.05) is 5.32 Å². The Morgan fingerprint density at radius 2 is 1.75 bits per heavy atom. The van der Waals surface area contributed by atoms with Crippen molar-refractivity contribution in [2.24, 2.45) is 0 Å². The summed E-state index contributed by atoms with van der Waals surface area (Å²) in [5.41, 5.74) is 4.38. The number of aliphatic carboxylic acids is 1. The van der Waals surface area contributed by atoms with Crippen molar-refractivity contribution in [3.05, 3.63) is 95.5 Å². The Hall–Kier alpha value is -4.43. The van der Waals surface area contributed by atoms with Crippen molar-refractivity contribution >= 4 is 40.2 Å². The molecule has 2 N–H and O–H groups in total. The first-order valence-corrected chi connectivity index (χ1v) is 11.6. The standard InChI is InChI=1S/C27H21ClN4O4/c28-19-9-7-18(8-10-19)26-23(36-27(31-26)32-16-29-21-3-1-2-4-22(21)32)13-14-24(33)30-20-11-5-17(6-12-20)15-25(34)35/h1-12,16H,13-15H2,(H,30,33)(H,34,35). The molecule has 0 unspecified atom stereocenters. The van der Waals surface area contributed by atoms with E-state index >= 15 is 0 Å². The molecule has 180 valence electrons. The third-order valence-electron chi connectivity index (χ3n) is 5.64. The number of rotatable bonds is 8. The van der Waals surface area contributed by atoms with Crippen molar-refractivity contribution in [1.29, 1.82) is 0 Å². The maximum atomic E-state index is 12.7. The zero-order valence-corrected chi connectivity index (χ0v) is 19.8. The molecule has 5 rings (SSSR count). The molecule has 5 aromatic rings. The van der Waals surface area contributed by atoms with Gasteiger partial charge in [-0.3, -0.25) is 14.2 Å². The fourth-order valence-electron chi connectivity index (χ4n) is 3.89. The number of amides is 1. The van der Waals surface area contributed by atoms with Crippen LogP contribution in [0.1, 0.15) is 17.7 Å². The predicted octanol–water partition coefficient (Wildman–Crippen LogP) is 5.53. The van der Waals surface area contributed by atoms with E-state index in [-0.39, 0.29) is 18.7 Å². The first kappa shape index (κ1) is 23.3. The maximum absolute atomic E-state index is 12.7. The summed E-state index contributed by atoms with van der Waals surface area (Å²) in [5.74, 6) is -0.537. The van der Waals surface area contributed by atoms with Gasteiger partial charge in [-0.1, -0.05) is 48.0 Å². The van der Waals surface area contributed by atoms with E-state index in [4.69, 9.17) is 26.1 Å². The number of carboxylic acids is 1. The van der Waals surface area contributed by atoms with Crippen LogP contribution in [0.4, 0.5) is 5.69 Å². The molecule has 0 bridgehead atoms. The van der Waals surface area contributed by atoms with Crippen molar-refractivity contribution in [3.8, 4) is 17.3 Å². The number of anilines is 1. The van der Waals surface area contributed by atoms with E-state index in [2.05, 4.69) is 10.3 Å². The van der Waals surface area contributed by atoms with E-state index < -0.39 is 5.97 Å². The smallest absolute Gasteiger partial charge is 0.308 e. The molecule has 36 heavy (non-hydrogen) atoms. The number of carboxylic acid groups (broad SMARTS) is 1. The van der Waals surface area contributed by atoms with E-state index in [0.29, 0.717) is 40.2 Å². The Balaban J connectivity index is 1.37. The van der Waals surface area contributed by atoms with E-state index in [0.717, 1.165) is 16.6 Å². The van der Waals surface area contributed by atoms with Gasteiger partial charge in [0.05, 0.1) is 17.5 Å². The third kappa shape index (κ3) is 5.13. The second-order valence-electron chi connectivity index (χ2n) is 8.19. The van der Waals surface area contributed by atoms with Gasteiger partial charge in [0.2, 0.25) is 5.91 Å². The fourth-order valence-corrected chi connectivity index (χ4v) is 4.01. The molecule has 1 amide bonds. The monoisotopic (exact) mass is 500 g/mol. The number of nitrogens with zero attached hydrogens (tertiary/aromatic N) is 3. The van der Waals surface area contributed by atoms with E-state index in [1.54, 1.807) is 47.3 Å². The van der Waals surface area contributed by atoms with Crippen molar-refractivity contribution in [3.63, 3.8) is 0 Å². The maximum Gasteiger partial charge on any atom is 0.308 e. The average molecular weight is 501 g/mol. The van der Waals surface area contributed by atoms with Gasteiger partial charge in [0.25, 0.3) is 0 Å². The lowest BCUT2D eigenvalue weighted by Gasteiger charge is -2.06. The fraction of sp³-hybridized carbons (Fsp3) is 0.111. The number of imidazole rings is 1. The minimum atomic E-state index is -0.904. The van der Waals surface area contributed by atoms with Gasteiger partial charge < -0.3 is 14.8 Å². The lowest BCUT2D eigenvalue weighted by atomic mass is 10.1. The second kappa shape index (κ2) is 10.1. The van der Waals surface area contributed by atoms with Gasteiger partial charge in [-0.05, 0) is 42.0 Å². The quantitative estimate of drug-likeness (QED) is 0.290. The molecule has 2 aromatic heterocycles. The summed E-state index contributed by atoms with van der Waals surface area (Å²) in [6.45, 7) is 0. The van der Waals surface area contributed by atoms with Gasteiger partial charge in [0.1, 0.15) is 17.8 Å². The summed E-state index contributed by atoms with van der Waals surface area (Å²) < 4.78 is 7.92. The minimum Gasteiger partial charge on any atom is -0.481 e. The summed E-state index contributed by atoms with van der Waals surface area (Å²) in [7, 11) is 0. The molecule has 2 heterocycles. The van der Waals surface area contributed by atoms with Gasteiger partial charge >= 0.3 is 12.0 Å². The number of fused-ring (bicyclic) bond motifs is 1. The largest absolute Gasteiger partial charge is 0.481 e. The molecular weight excluding hydrogens is 480 g/mol. The van der Waals surface area contributed by atoms with Crippen LogP contribution in [-0.4, -0.2) is 31.5 Å². The minimum absolute atomic E-state index is 0.0677. The van der Waals surface area contributed by atoms with Crippen molar-refractivity contribution in [1.82, 2.24) is 14.5 Å². The first-order valence-electron chi connectivity index (χ1n) is 11.2. The van der Waals surface area contributed by atoms with Crippen LogP contribution in [-0.2, 0) is 22.4 Å². The number of nitrogens with one attached hydrogen (secondary N) is 1. The van der Waals surface area contributed by atoms with Gasteiger partial charge in [-0.2, -0.15) is 4.98 Å². The average Bonchev–Trinajstić information content (AvgIpc) is 3.48. The van der Waals surface area contributed by atoms with E-state index in [9.17, 15) is 9.59 Å². The highest BCUT2D eigenvalue weighted by atomic mass is 35.5. The van der Waals surface area contributed by atoms with Crippen LogP contribution in [0.25, 0.3) is 28.3 Å². The van der Waals surface area contributed by atoms with Crippen LogP contribution in [0.2, 0.25) is 5.02 Å². The summed E-state index contributed by atoms with van der Waals surface area (Å²) >= 11 is 6.07. The lowest BCUT2D eigenvalue weighted by Crippen LogP contribution is -2.12. The number of aryl methyl sites for hydroxylation is 1. The van der Waals surface area contributed by atoms with Gasteiger partial charge in [0, 0.05) is 29.1 Å². The SMILES string of the molecule is O=C(O)Cc1ccc(NC(=O)CCc2oc(-n3cnc4ccccc43)nc2-c2ccc(Cl)cc2)cc1. The highest BCUT2D eigenvalue weighted by Gasteiger charge is 2.19. The van der Waals surface area contributed by atoms with Crippen LogP contribution in [0.15, 0.2) is 83.5 Å². The summed E-state index contributed by atoms with van der Waals surface area (Å²) in [6, 6.07) is 22.1. The summed E-state index contributed by atoms with van der Waals surface area (Å²) in [4.78, 5) is 32.6. The zero-order chi connectivity index (χ0) is 25.1. The van der Waals surface area contributed by atoms with Gasteiger partial charge in [0.15, 0.2) is 0 Å². The Kier molecular flexibility index (Phi) is 6.51. The Bertz CT molecular complexity index is 1540. The molecule has 3 aromatic carbocycles. The zero-order valence-electron chi connectivity index (χ0n) is 19.0. The molecule has 0 saturated carbocycles. The normalized spacial score (nSPS) is 11.0. The Labute approximate surface area is 211 Å². The Morgan fingerprint density at radius 1 is 1.00 bits per heavy atom. The molecule has 9 heteroatoms. The van der Waals surface area contributed by atoms with Crippen LogP contribution >= 0.6 is 11.6 Å². The predicted molar refractivity (Wildman–Crippen MR) is 136 cm³/mol. The number of benzene rings is 3. The molecule has 0 radical (unpaired) electrons. The molecule has 8 nitrogen and oxygen atoms in total. The molecule has 0 saturated heterocycles. The molecule has 0 fully saturated rings. The van der Waals surface area contributed by atoms with Crippen LogP contribution in [0.5, 0.6) is 0 Å². The molecule has 0 aliphatic heterocycles. The highest BCUT2D eigenvalue weighted by molar-refractivity contribution is 6.30. The number of hydrogen-bond acceptors (Lipinski definition) is 5. The summed E-state index contributed by atoms with van der Waals surface area (Å²) in [6.07, 6.45) is 2.08. The molecule has 0 atom stereocenters. The van der Waals surface area contributed by atoms with Crippen molar-refractivity contribution in [2.45, 2.75) is 19.3 Å². The molecular formula is C27H21ClN4O4. The topological polar surface area (TPSA) is 110 Å². The number of halogens is 1. The highest BCUT2D eigenvalue weighted by Crippen LogP contribution is 2.29. The molecule has 0 aliphatic carbocycles. The van der Waals surface area contributed by atoms with E-state index in [1.165, 1.54) is 0 Å². The number of aromatic nitrogens is 3. The van der Waals surface area contributed by atoms with Gasteiger partial charge in [-0.25, -0.2) is 4.98 Å². The van der Waals surface area contributed by atoms with Crippen LogP contribution in [0, 0.1) is 0 Å². The number of oxazole rings is 1. The second-order valence-corrected chi connectivity index (χ2v) is 8.63. The number of carbonyl (C=O) groups excluding carboxylic acids is 1.